The van der Waals surface area contributed by atoms with Gasteiger partial charge in [0.25, 0.3) is 0 Å². The van der Waals surface area contributed by atoms with Crippen LogP contribution in [-0.4, -0.2) is 54.0 Å². The van der Waals surface area contributed by atoms with Gasteiger partial charge in [-0.2, -0.15) is 5.10 Å². The Kier molecular flexibility index (Phi) is 6.70. The Balaban J connectivity index is 2.28. The molecule has 2 atom stereocenters. The van der Waals surface area contributed by atoms with Crippen molar-refractivity contribution < 1.29 is 19.3 Å². The second-order valence-corrected chi connectivity index (χ2v) is 4.08. The standard InChI is InChI=1S/C12H22N2O4/c1-4-17-12-5-13-14(7-12)6-11(15)9-18-10(2)8-16-3/h5,7,10-11,15H,4,6,8-9H2,1-3H3. The maximum absolute atomic E-state index is 9.79. The topological polar surface area (TPSA) is 65.7 Å². The predicted molar refractivity (Wildman–Crippen MR) is 66.7 cm³/mol. The van der Waals surface area contributed by atoms with Crippen molar-refractivity contribution in [2.24, 2.45) is 0 Å². The minimum atomic E-state index is -0.598. The van der Waals surface area contributed by atoms with E-state index in [2.05, 4.69) is 5.10 Å². The number of nitrogens with zero attached hydrogens (tertiary/aromatic N) is 2. The molecule has 0 spiro atoms. The molecule has 0 saturated heterocycles. The van der Waals surface area contributed by atoms with Crippen LogP contribution in [0, 0.1) is 0 Å². The molecule has 18 heavy (non-hydrogen) atoms. The van der Waals surface area contributed by atoms with E-state index in [4.69, 9.17) is 14.2 Å². The van der Waals surface area contributed by atoms with Crippen molar-refractivity contribution in [1.29, 1.82) is 0 Å². The van der Waals surface area contributed by atoms with Gasteiger partial charge >= 0.3 is 0 Å². The van der Waals surface area contributed by atoms with Gasteiger partial charge in [0.05, 0.1) is 51.0 Å². The highest BCUT2D eigenvalue weighted by atomic mass is 16.5. The molecule has 2 unspecified atom stereocenters. The van der Waals surface area contributed by atoms with Crippen molar-refractivity contribution in [1.82, 2.24) is 9.78 Å². The van der Waals surface area contributed by atoms with E-state index in [1.54, 1.807) is 24.2 Å². The van der Waals surface area contributed by atoms with Crippen molar-refractivity contribution in [2.75, 3.05) is 26.9 Å². The van der Waals surface area contributed by atoms with Crippen molar-refractivity contribution in [3.8, 4) is 5.75 Å². The van der Waals surface area contributed by atoms with Gasteiger partial charge in [0.15, 0.2) is 5.75 Å². The van der Waals surface area contributed by atoms with Crippen molar-refractivity contribution >= 4 is 0 Å². The zero-order valence-corrected chi connectivity index (χ0v) is 11.2. The molecule has 6 heteroatoms. The van der Waals surface area contributed by atoms with E-state index in [0.29, 0.717) is 25.5 Å². The summed E-state index contributed by atoms with van der Waals surface area (Å²) in [6.07, 6.45) is 2.76. The fourth-order valence-corrected chi connectivity index (χ4v) is 1.51. The lowest BCUT2D eigenvalue weighted by atomic mass is 10.3. The molecule has 0 radical (unpaired) electrons. The first kappa shape index (κ1) is 14.9. The molecule has 0 amide bonds. The van der Waals surface area contributed by atoms with Crippen molar-refractivity contribution in [3.63, 3.8) is 0 Å². The Morgan fingerprint density at radius 2 is 2.22 bits per heavy atom. The smallest absolute Gasteiger partial charge is 0.157 e. The number of aromatic nitrogens is 2. The second-order valence-electron chi connectivity index (χ2n) is 4.08. The Bertz CT molecular complexity index is 330. The van der Waals surface area contributed by atoms with Crippen LogP contribution in [0.5, 0.6) is 5.75 Å². The van der Waals surface area contributed by atoms with E-state index in [0.717, 1.165) is 0 Å². The highest BCUT2D eigenvalue weighted by Crippen LogP contribution is 2.08. The molecule has 0 fully saturated rings. The van der Waals surface area contributed by atoms with Crippen LogP contribution >= 0.6 is 0 Å². The van der Waals surface area contributed by atoms with Crippen molar-refractivity contribution in [2.45, 2.75) is 32.6 Å². The number of ether oxygens (including phenoxy) is 3. The van der Waals surface area contributed by atoms with Crippen molar-refractivity contribution in [3.05, 3.63) is 12.4 Å². The van der Waals surface area contributed by atoms with Crippen LogP contribution in [0.15, 0.2) is 12.4 Å². The molecule has 0 bridgehead atoms. The summed E-state index contributed by atoms with van der Waals surface area (Å²) in [5.41, 5.74) is 0. The number of aliphatic hydroxyl groups is 1. The average Bonchev–Trinajstić information content (AvgIpc) is 2.75. The molecular formula is C12H22N2O4. The average molecular weight is 258 g/mol. The maximum Gasteiger partial charge on any atom is 0.157 e. The summed E-state index contributed by atoms with van der Waals surface area (Å²) in [4.78, 5) is 0. The van der Waals surface area contributed by atoms with Crippen LogP contribution in [0.3, 0.4) is 0 Å². The summed E-state index contributed by atoms with van der Waals surface area (Å²) >= 11 is 0. The van der Waals surface area contributed by atoms with E-state index >= 15 is 0 Å². The summed E-state index contributed by atoms with van der Waals surface area (Å²) < 4.78 is 17.3. The van der Waals surface area contributed by atoms with Gasteiger partial charge in [0.1, 0.15) is 0 Å². The molecule has 1 N–H and O–H groups in total. The normalized spacial score (nSPS) is 14.4. The minimum Gasteiger partial charge on any atom is -0.491 e. The Labute approximate surface area is 107 Å². The van der Waals surface area contributed by atoms with Gasteiger partial charge in [-0.1, -0.05) is 0 Å². The molecule has 0 aliphatic carbocycles. The molecule has 0 aliphatic heterocycles. The van der Waals surface area contributed by atoms with Gasteiger partial charge < -0.3 is 19.3 Å². The molecule has 1 heterocycles. The minimum absolute atomic E-state index is 0.0266. The third kappa shape index (κ3) is 5.48. The van der Waals surface area contributed by atoms with Crippen LogP contribution < -0.4 is 4.74 Å². The van der Waals surface area contributed by atoms with E-state index in [1.165, 1.54) is 0 Å². The van der Waals surface area contributed by atoms with Crippen LogP contribution in [0.4, 0.5) is 0 Å². The van der Waals surface area contributed by atoms with Crippen LogP contribution in [0.2, 0.25) is 0 Å². The summed E-state index contributed by atoms with van der Waals surface area (Å²) in [6, 6.07) is 0. The lowest BCUT2D eigenvalue weighted by Gasteiger charge is -2.15. The Hall–Kier alpha value is -1.11. The second kappa shape index (κ2) is 8.07. The third-order valence-electron chi connectivity index (χ3n) is 2.29. The van der Waals surface area contributed by atoms with Gasteiger partial charge in [-0.15, -0.1) is 0 Å². The largest absolute Gasteiger partial charge is 0.491 e. The first-order valence-electron chi connectivity index (χ1n) is 6.09. The van der Waals surface area contributed by atoms with Gasteiger partial charge in [-0.3, -0.25) is 4.68 Å². The molecule has 0 saturated carbocycles. The SMILES string of the molecule is CCOc1cnn(CC(O)COC(C)COC)c1. The van der Waals surface area contributed by atoms with E-state index in [1.807, 2.05) is 13.8 Å². The summed E-state index contributed by atoms with van der Waals surface area (Å²) in [5, 5.41) is 13.9. The lowest BCUT2D eigenvalue weighted by molar-refractivity contribution is -0.0364. The molecule has 1 rings (SSSR count). The molecule has 1 aromatic heterocycles. The summed E-state index contributed by atoms with van der Waals surface area (Å²) in [5.74, 6) is 0.707. The van der Waals surface area contributed by atoms with Crippen LogP contribution in [0.25, 0.3) is 0 Å². The number of rotatable bonds is 9. The van der Waals surface area contributed by atoms with E-state index in [-0.39, 0.29) is 12.7 Å². The predicted octanol–water partition coefficient (Wildman–Crippen LogP) is 0.694. The summed E-state index contributed by atoms with van der Waals surface area (Å²) in [7, 11) is 1.62. The third-order valence-corrected chi connectivity index (χ3v) is 2.29. The fraction of sp³-hybridized carbons (Fsp3) is 0.750. The quantitative estimate of drug-likeness (QED) is 0.706. The van der Waals surface area contributed by atoms with Gasteiger partial charge in [-0.25, -0.2) is 0 Å². The maximum atomic E-state index is 9.79. The Morgan fingerprint density at radius 1 is 1.44 bits per heavy atom. The monoisotopic (exact) mass is 258 g/mol. The molecule has 0 aromatic carbocycles. The van der Waals surface area contributed by atoms with Crippen LogP contribution in [-0.2, 0) is 16.0 Å². The van der Waals surface area contributed by atoms with E-state index in [9.17, 15) is 5.11 Å². The molecule has 104 valence electrons. The van der Waals surface area contributed by atoms with E-state index < -0.39 is 6.10 Å². The van der Waals surface area contributed by atoms with Gasteiger partial charge in [0, 0.05) is 7.11 Å². The fourth-order valence-electron chi connectivity index (χ4n) is 1.51. The zero-order valence-electron chi connectivity index (χ0n) is 11.2. The first-order chi connectivity index (χ1) is 8.65. The number of aliphatic hydroxyl groups excluding tert-OH is 1. The van der Waals surface area contributed by atoms with Crippen LogP contribution in [0.1, 0.15) is 13.8 Å². The number of hydrogen-bond acceptors (Lipinski definition) is 5. The number of hydrogen-bond donors (Lipinski definition) is 1. The number of methoxy groups -OCH3 is 1. The highest BCUT2D eigenvalue weighted by Gasteiger charge is 2.10. The summed E-state index contributed by atoms with van der Waals surface area (Å²) in [6.45, 7) is 5.57. The lowest BCUT2D eigenvalue weighted by Crippen LogP contribution is -2.26. The van der Waals surface area contributed by atoms with Gasteiger partial charge in [-0.05, 0) is 13.8 Å². The highest BCUT2D eigenvalue weighted by molar-refractivity contribution is 5.11. The zero-order chi connectivity index (χ0) is 13.4. The van der Waals surface area contributed by atoms with Gasteiger partial charge in [0.2, 0.25) is 0 Å². The molecule has 6 nitrogen and oxygen atoms in total. The molecule has 0 aliphatic rings. The molecular weight excluding hydrogens is 236 g/mol. The Morgan fingerprint density at radius 3 is 2.89 bits per heavy atom. The molecule has 1 aromatic rings. The first-order valence-corrected chi connectivity index (χ1v) is 6.09.